The van der Waals surface area contributed by atoms with Crippen LogP contribution in [0.15, 0.2) is 84.9 Å². The van der Waals surface area contributed by atoms with Crippen LogP contribution in [0, 0.1) is 17.3 Å². The van der Waals surface area contributed by atoms with Crippen LogP contribution in [0.5, 0.6) is 5.75 Å². The number of allylic oxidation sites excluding steroid dienone is 1. The van der Waals surface area contributed by atoms with Crippen LogP contribution in [-0.2, 0) is 52.8 Å². The van der Waals surface area contributed by atoms with Gasteiger partial charge in [0, 0.05) is 38.3 Å². The summed E-state index contributed by atoms with van der Waals surface area (Å²) in [4.78, 5) is 52.2. The van der Waals surface area contributed by atoms with Gasteiger partial charge in [-0.3, -0.25) is 19.2 Å². The first-order chi connectivity index (χ1) is 27.2. The summed E-state index contributed by atoms with van der Waals surface area (Å²) >= 11 is 0. The van der Waals surface area contributed by atoms with E-state index >= 15 is 4.79 Å². The molecule has 3 saturated carbocycles. The molecule has 7 atom stereocenters. The lowest BCUT2D eigenvalue weighted by atomic mass is 9.62. The van der Waals surface area contributed by atoms with Crippen molar-refractivity contribution in [2.24, 2.45) is 17.3 Å². The number of rotatable bonds is 14. The fourth-order valence-electron chi connectivity index (χ4n) is 9.66. The van der Waals surface area contributed by atoms with Crippen molar-refractivity contribution in [2.75, 3.05) is 20.2 Å². The number of amides is 2. The Morgan fingerprint density at radius 1 is 0.946 bits per heavy atom. The number of carbonyl (C=O) groups is 3. The average Bonchev–Trinajstić information content (AvgIpc) is 4.16. The molecule has 2 bridgehead atoms. The SMILES string of the molecule is CN(C(=O)[C@@]12C[C@H]3OC(=O)[C@@H]1N(Cc1ccccc1C=CCc1ccccc1O)O[C@@H]2[C@H]1OC(C2CC2)(C2CC2)O[C@H]13)[C@H](Cc1ccccc1)C(=O)NCCO. The Hall–Kier alpha value is -4.59. The van der Waals surface area contributed by atoms with Gasteiger partial charge < -0.3 is 34.6 Å². The predicted molar refractivity (Wildman–Crippen MR) is 203 cm³/mol. The zero-order chi connectivity index (χ0) is 38.6. The van der Waals surface area contributed by atoms with Crippen LogP contribution in [0.25, 0.3) is 6.08 Å². The summed E-state index contributed by atoms with van der Waals surface area (Å²) in [6.07, 6.45) is 5.92. The molecule has 3 saturated heterocycles. The van der Waals surface area contributed by atoms with Crippen molar-refractivity contribution >= 4 is 23.9 Å². The quantitative estimate of drug-likeness (QED) is 0.207. The number of benzene rings is 3. The number of aliphatic hydroxyl groups excluding tert-OH is 1. The van der Waals surface area contributed by atoms with Gasteiger partial charge in [0.2, 0.25) is 11.8 Å². The first-order valence-electron chi connectivity index (χ1n) is 19.9. The number of esters is 1. The van der Waals surface area contributed by atoms with Gasteiger partial charge in [-0.1, -0.05) is 84.9 Å². The normalized spacial score (nSPS) is 29.5. The van der Waals surface area contributed by atoms with Gasteiger partial charge in [0.15, 0.2) is 11.8 Å². The topological polar surface area (TPSA) is 147 Å². The molecule has 2 amide bonds. The zero-order valence-electron chi connectivity index (χ0n) is 31.5. The highest BCUT2D eigenvalue weighted by molar-refractivity contribution is 5.96. The lowest BCUT2D eigenvalue weighted by molar-refractivity contribution is -0.235. The van der Waals surface area contributed by atoms with Gasteiger partial charge in [-0.25, -0.2) is 0 Å². The molecule has 0 unspecified atom stereocenters. The number of hydrogen-bond donors (Lipinski definition) is 3. The lowest BCUT2D eigenvalue weighted by Crippen LogP contribution is -2.70. The van der Waals surface area contributed by atoms with Crippen LogP contribution in [0.4, 0.5) is 0 Å². The van der Waals surface area contributed by atoms with Crippen molar-refractivity contribution in [3.05, 3.63) is 107 Å². The minimum Gasteiger partial charge on any atom is -0.508 e. The third-order valence-corrected chi connectivity index (χ3v) is 12.7. The van der Waals surface area contributed by atoms with E-state index in [1.54, 1.807) is 24.2 Å². The summed E-state index contributed by atoms with van der Waals surface area (Å²) in [6.45, 7) is -0.0508. The number of fused-ring (bicyclic) bond motifs is 4. The molecule has 9 rings (SSSR count). The first kappa shape index (κ1) is 37.0. The van der Waals surface area contributed by atoms with Crippen LogP contribution >= 0.6 is 0 Å². The summed E-state index contributed by atoms with van der Waals surface area (Å²) in [5, 5.41) is 24.2. The molecule has 12 heteroatoms. The Labute approximate surface area is 326 Å². The molecule has 294 valence electrons. The van der Waals surface area contributed by atoms with Crippen molar-refractivity contribution < 1.29 is 43.6 Å². The van der Waals surface area contributed by atoms with E-state index < -0.39 is 65.5 Å². The van der Waals surface area contributed by atoms with Crippen LogP contribution in [0.2, 0.25) is 0 Å². The maximum absolute atomic E-state index is 15.5. The smallest absolute Gasteiger partial charge is 0.327 e. The zero-order valence-corrected chi connectivity index (χ0v) is 31.5. The predicted octanol–water partition coefficient (Wildman–Crippen LogP) is 3.93. The number of nitrogens with one attached hydrogen (secondary N) is 1. The number of carbonyl (C=O) groups excluding carboxylic acids is 3. The van der Waals surface area contributed by atoms with Crippen molar-refractivity contribution in [3.8, 4) is 5.75 Å². The molecule has 0 aromatic heterocycles. The second-order valence-corrected chi connectivity index (χ2v) is 16.2. The fourth-order valence-corrected chi connectivity index (χ4v) is 9.66. The maximum atomic E-state index is 15.5. The number of hydrogen-bond acceptors (Lipinski definition) is 10. The van der Waals surface area contributed by atoms with Crippen molar-refractivity contribution in [2.45, 2.75) is 93.8 Å². The summed E-state index contributed by atoms with van der Waals surface area (Å²) < 4.78 is 20.2. The molecule has 3 aromatic rings. The maximum Gasteiger partial charge on any atom is 0.327 e. The summed E-state index contributed by atoms with van der Waals surface area (Å²) in [5.41, 5.74) is 1.96. The number of aliphatic hydroxyl groups is 1. The number of aromatic hydroxyl groups is 1. The van der Waals surface area contributed by atoms with Gasteiger partial charge in [0.1, 0.15) is 41.6 Å². The van der Waals surface area contributed by atoms with Crippen LogP contribution in [-0.4, -0.2) is 100 Å². The number of ether oxygens (including phenoxy) is 3. The third-order valence-electron chi connectivity index (χ3n) is 12.7. The monoisotopic (exact) mass is 763 g/mol. The Balaban J connectivity index is 1.08. The molecular weight excluding hydrogens is 714 g/mol. The van der Waals surface area contributed by atoms with Crippen molar-refractivity contribution in [1.29, 1.82) is 0 Å². The number of para-hydroxylation sites is 1. The van der Waals surface area contributed by atoms with E-state index in [4.69, 9.17) is 19.0 Å². The van der Waals surface area contributed by atoms with Gasteiger partial charge in [0.05, 0.1) is 13.2 Å². The average molecular weight is 764 g/mol. The molecule has 12 nitrogen and oxygen atoms in total. The number of nitrogens with zero attached hydrogens (tertiary/aromatic N) is 2. The Bertz CT molecular complexity index is 1990. The number of likely N-dealkylation sites (N-methyl/N-ethyl adjacent to an activating group) is 1. The second kappa shape index (κ2) is 14.7. The fraction of sp³-hybridized carbons (Fsp3) is 0.477. The highest BCUT2D eigenvalue weighted by Gasteiger charge is 2.78. The van der Waals surface area contributed by atoms with Crippen LogP contribution < -0.4 is 5.32 Å². The van der Waals surface area contributed by atoms with Crippen molar-refractivity contribution in [3.63, 3.8) is 0 Å². The molecule has 0 spiro atoms. The Morgan fingerprint density at radius 2 is 1.62 bits per heavy atom. The van der Waals surface area contributed by atoms with Gasteiger partial charge >= 0.3 is 5.97 Å². The minimum absolute atomic E-state index is 0.0353. The third kappa shape index (κ3) is 6.41. The molecular formula is C44H49N3O9. The van der Waals surface area contributed by atoms with Crippen LogP contribution in [0.1, 0.15) is 54.4 Å². The van der Waals surface area contributed by atoms with E-state index in [0.29, 0.717) is 6.42 Å². The number of phenolic OH excluding ortho intramolecular Hbond substituents is 1. The molecule has 3 aromatic carbocycles. The van der Waals surface area contributed by atoms with Gasteiger partial charge in [-0.05, 0) is 60.4 Å². The molecule has 3 aliphatic heterocycles. The number of hydroxylamine groups is 2. The van der Waals surface area contributed by atoms with E-state index in [0.717, 1.165) is 47.9 Å². The standard InChI is InChI=1S/C44H49N3O9/c1-46(33(40(50)45-22-23-48)24-27-10-3-2-4-11-27)42(52)43-25-35-36-37(55-44(54-36,31-18-19-31)32-20-21-32)39(43)56-47(38(43)41(51)53-35)26-30-14-6-5-12-28(30)15-9-16-29-13-7-8-17-34(29)49/h2-15,17,31-33,35-39,48-49H,16,18-26H2,1H3,(H,45,50)/t33-,35-,36+,37+,38+,39-,43+/m1/s1. The first-order valence-corrected chi connectivity index (χ1v) is 19.9. The van der Waals surface area contributed by atoms with E-state index in [2.05, 4.69) is 5.32 Å². The minimum atomic E-state index is -1.45. The van der Waals surface area contributed by atoms with Gasteiger partial charge in [0.25, 0.3) is 0 Å². The van der Waals surface area contributed by atoms with Gasteiger partial charge in [-0.15, -0.1) is 0 Å². The van der Waals surface area contributed by atoms with E-state index in [1.165, 1.54) is 4.90 Å². The van der Waals surface area contributed by atoms with Crippen LogP contribution in [0.3, 0.4) is 0 Å². The van der Waals surface area contributed by atoms with E-state index in [-0.39, 0.29) is 50.1 Å². The summed E-state index contributed by atoms with van der Waals surface area (Å²) in [6, 6.07) is 22.4. The van der Waals surface area contributed by atoms with E-state index in [1.807, 2.05) is 78.9 Å². The molecule has 3 heterocycles. The second-order valence-electron chi connectivity index (χ2n) is 16.2. The molecule has 6 aliphatic rings. The molecule has 56 heavy (non-hydrogen) atoms. The van der Waals surface area contributed by atoms with E-state index in [9.17, 15) is 19.8 Å². The highest BCUT2D eigenvalue weighted by atomic mass is 16.8. The summed E-state index contributed by atoms with van der Waals surface area (Å²) in [7, 11) is 1.61. The Morgan fingerprint density at radius 3 is 2.34 bits per heavy atom. The molecule has 6 fully saturated rings. The number of phenols is 1. The largest absolute Gasteiger partial charge is 0.508 e. The Kier molecular flexibility index (Phi) is 9.73. The molecule has 3 aliphatic carbocycles. The van der Waals surface area contributed by atoms with Crippen molar-refractivity contribution in [1.82, 2.24) is 15.3 Å². The highest BCUT2D eigenvalue weighted by Crippen LogP contribution is 2.64. The lowest BCUT2D eigenvalue weighted by Gasteiger charge is -2.50. The van der Waals surface area contributed by atoms with Gasteiger partial charge in [-0.2, -0.15) is 5.06 Å². The molecule has 0 radical (unpaired) electrons. The summed E-state index contributed by atoms with van der Waals surface area (Å²) in [5.74, 6) is -1.47. The molecule has 3 N–H and O–H groups in total.